The average Bonchev–Trinajstić information content (AvgIpc) is 1.29. The largest absolute Gasteiger partial charge is 0.454 e. The molecule has 0 N–H and O–H groups in total. The Morgan fingerprint density at radius 1 is 0.185 bits per heavy atom. The summed E-state index contributed by atoms with van der Waals surface area (Å²) >= 11 is 0. The topological polar surface area (TPSA) is 91.8 Å². The summed E-state index contributed by atoms with van der Waals surface area (Å²) < 4.78 is 43.4. The number of nitrogens with zero attached hydrogens (tertiary/aromatic N) is 4. The highest BCUT2D eigenvalue weighted by atomic mass is 16.4. The van der Waals surface area contributed by atoms with Gasteiger partial charge in [-0.25, -0.2) is 0 Å². The first-order valence-corrected chi connectivity index (χ1v) is 36.8. The van der Waals surface area contributed by atoms with Gasteiger partial charge in [-0.1, -0.05) is 188 Å². The van der Waals surface area contributed by atoms with Crippen LogP contribution in [0.5, 0.6) is 0 Å². The van der Waals surface area contributed by atoms with E-state index in [0.29, 0.717) is 5.58 Å². The summed E-state index contributed by atoms with van der Waals surface area (Å²) in [5.74, 6) is 0. The van der Waals surface area contributed by atoms with Crippen LogP contribution in [0.15, 0.2) is 342 Å². The Hall–Kier alpha value is -14.4. The van der Waals surface area contributed by atoms with Crippen molar-refractivity contribution in [2.24, 2.45) is 0 Å². The second-order valence-electron chi connectivity index (χ2n) is 29.2. The lowest BCUT2D eigenvalue weighted by Crippen LogP contribution is -2.61. The predicted molar refractivity (Wildman–Crippen MR) is 444 cm³/mol. The molecule has 108 heavy (non-hydrogen) atoms. The highest BCUT2D eigenvalue weighted by Gasteiger charge is 2.47. The molecule has 6 aromatic heterocycles. The molecular weight excluding hydrogens is 1330 g/mol. The van der Waals surface area contributed by atoms with Gasteiger partial charge in [0.1, 0.15) is 50.6 Å². The van der Waals surface area contributed by atoms with Gasteiger partial charge < -0.3 is 46.1 Å². The van der Waals surface area contributed by atoms with Crippen LogP contribution < -0.4 is 52.4 Å². The van der Waals surface area contributed by atoms with Crippen molar-refractivity contribution in [2.75, 3.05) is 19.6 Å². The van der Waals surface area contributed by atoms with Crippen molar-refractivity contribution in [2.45, 2.75) is 0 Å². The van der Waals surface area contributed by atoms with Crippen molar-refractivity contribution in [3.05, 3.63) is 315 Å². The molecule has 0 aliphatic carbocycles. The van der Waals surface area contributed by atoms with Crippen molar-refractivity contribution in [3.8, 4) is 11.1 Å². The van der Waals surface area contributed by atoms with E-state index in [1.807, 2.05) is 18.2 Å². The lowest BCUT2D eigenvalue weighted by molar-refractivity contribution is 0.655. The third kappa shape index (κ3) is 7.37. The predicted octanol–water partition coefficient (Wildman–Crippen LogP) is 22.9. The quantitative estimate of drug-likeness (QED) is 0.155. The summed E-state index contributed by atoms with van der Waals surface area (Å²) in [5.41, 5.74) is 30.6. The number of rotatable bonds is 5. The first-order chi connectivity index (χ1) is 53.6. The van der Waals surface area contributed by atoms with Gasteiger partial charge in [0.05, 0.1) is 0 Å². The van der Waals surface area contributed by atoms with E-state index < -0.39 is 0 Å². The summed E-state index contributed by atoms with van der Waals surface area (Å²) in [6.07, 6.45) is 0. The van der Waals surface area contributed by atoms with E-state index in [0.717, 1.165) is 211 Å². The van der Waals surface area contributed by atoms with Crippen molar-refractivity contribution in [3.63, 3.8) is 0 Å². The van der Waals surface area contributed by atoms with E-state index in [1.165, 1.54) is 27.5 Å². The Bertz CT molecular complexity index is 7700. The lowest BCUT2D eigenvalue weighted by atomic mass is 9.33. The molecular formula is C96H52B2N4O6. The molecule has 0 amide bonds. The van der Waals surface area contributed by atoms with Crippen LogP contribution in [-0.4, -0.2) is 13.4 Å². The SMILES string of the molecule is c1ccc(N2c3ccccc3B3c4ccccc4N(c4c5oc6ccccc6c5cc5c4oc4ccc(-c6ccc7oc8c(N9c%10ccccc%10B%10c%11ccccc%11N(c%11c%12oc%13ccccc%13c%12cc%12c%11oc%11ccccc%11%12)c%11cccc9c%11%10)c9oc%10ccccc%10c9cc8c7c6)cc45)c4cccc2c43)cc1. The van der Waals surface area contributed by atoms with Crippen LogP contribution in [0.25, 0.3) is 143 Å². The molecule has 26 rings (SSSR count). The Kier molecular flexibility index (Phi) is 11.0. The van der Waals surface area contributed by atoms with Gasteiger partial charge in [0.25, 0.3) is 13.4 Å². The van der Waals surface area contributed by atoms with Crippen LogP contribution >= 0.6 is 0 Å². The molecule has 0 bridgehead atoms. The van der Waals surface area contributed by atoms with E-state index >= 15 is 0 Å². The van der Waals surface area contributed by atoms with Gasteiger partial charge in [0, 0.05) is 116 Å². The smallest absolute Gasteiger partial charge is 0.252 e. The van der Waals surface area contributed by atoms with Crippen LogP contribution in [-0.2, 0) is 0 Å². The summed E-state index contributed by atoms with van der Waals surface area (Å²) in [5, 5.41) is 12.1. The molecule has 16 aromatic carbocycles. The zero-order chi connectivity index (χ0) is 69.9. The molecule has 0 saturated heterocycles. The maximum Gasteiger partial charge on any atom is 0.252 e. The van der Waals surface area contributed by atoms with Crippen LogP contribution in [0.4, 0.5) is 68.2 Å². The highest BCUT2D eigenvalue weighted by Crippen LogP contribution is 2.56. The molecule has 10 heterocycles. The van der Waals surface area contributed by atoms with Crippen LogP contribution in [0.1, 0.15) is 0 Å². The van der Waals surface area contributed by atoms with E-state index in [1.54, 1.807) is 0 Å². The van der Waals surface area contributed by atoms with Gasteiger partial charge in [-0.3, -0.25) is 0 Å². The zero-order valence-electron chi connectivity index (χ0n) is 57.4. The van der Waals surface area contributed by atoms with E-state index in [9.17, 15) is 0 Å². The van der Waals surface area contributed by atoms with Crippen LogP contribution in [0.2, 0.25) is 0 Å². The summed E-state index contributed by atoms with van der Waals surface area (Å²) in [4.78, 5) is 9.68. The third-order valence-electron chi connectivity index (χ3n) is 23.8. The number of fused-ring (bicyclic) bond motifs is 26. The van der Waals surface area contributed by atoms with Crippen molar-refractivity contribution in [1.29, 1.82) is 0 Å². The van der Waals surface area contributed by atoms with Gasteiger partial charge in [-0.15, -0.1) is 0 Å². The van der Waals surface area contributed by atoms with Crippen molar-refractivity contribution >= 4 is 246 Å². The Balaban J connectivity index is 0.679. The first kappa shape index (κ1) is 57.1. The minimum absolute atomic E-state index is 0.0393. The normalized spacial score (nSPS) is 13.6. The van der Waals surface area contributed by atoms with E-state index in [2.05, 4.69) is 317 Å². The number of furan rings is 6. The molecule has 22 aromatic rings. The fourth-order valence-electron chi connectivity index (χ4n) is 19.4. The van der Waals surface area contributed by atoms with Gasteiger partial charge >= 0.3 is 0 Å². The molecule has 4 aliphatic rings. The number of benzene rings is 16. The Morgan fingerprint density at radius 2 is 0.444 bits per heavy atom. The molecule has 0 saturated carbocycles. The molecule has 0 radical (unpaired) electrons. The van der Waals surface area contributed by atoms with E-state index in [4.69, 9.17) is 26.5 Å². The summed E-state index contributed by atoms with van der Waals surface area (Å²) in [6, 6.07) is 113. The van der Waals surface area contributed by atoms with Crippen molar-refractivity contribution in [1.82, 2.24) is 0 Å². The van der Waals surface area contributed by atoms with Gasteiger partial charge in [-0.2, -0.15) is 0 Å². The summed E-state index contributed by atoms with van der Waals surface area (Å²) in [7, 11) is 0. The van der Waals surface area contributed by atoms with Gasteiger partial charge in [0.15, 0.2) is 33.5 Å². The molecule has 0 unspecified atom stereocenters. The molecule has 0 fully saturated rings. The van der Waals surface area contributed by atoms with Gasteiger partial charge in [0.2, 0.25) is 0 Å². The third-order valence-corrected chi connectivity index (χ3v) is 23.8. The number of hydrogen-bond acceptors (Lipinski definition) is 10. The molecule has 498 valence electrons. The molecule has 10 nitrogen and oxygen atoms in total. The standard InChI is InChI=1S/C96H52B2N4O6/c1-2-22-55(23-3-1)99-72-32-12-8-28-68(72)97-69-29-9-13-33-73(69)100(77-37-20-36-76(99)86(77)97)89-93-64(58-26-6-18-42-82(58)105-93)51-66-60-48-53(44-46-84(60)107-95(66)89)54-45-47-85-61(49-54)67-52-65-59-27-7-19-43-83(59)106-94(65)90(96(67)108-85)102-75-35-15-11-31-71(75)98-70-30-10-14-34-74(70)101(78-38-21-39-79(102)87(78)98)88-91-62(56-24-4-16-40-80(56)103-91)50-63-57-25-5-17-41-81(57)104-92(63)88/h1-52H. The van der Waals surface area contributed by atoms with Crippen LogP contribution in [0.3, 0.4) is 0 Å². The van der Waals surface area contributed by atoms with Gasteiger partial charge in [-0.05, 0) is 171 Å². The Labute approximate surface area is 615 Å². The first-order valence-electron chi connectivity index (χ1n) is 36.8. The zero-order valence-corrected chi connectivity index (χ0v) is 57.4. The fourth-order valence-corrected chi connectivity index (χ4v) is 19.4. The number of para-hydroxylation sites is 9. The molecule has 0 spiro atoms. The van der Waals surface area contributed by atoms with Crippen LogP contribution in [0, 0.1) is 0 Å². The van der Waals surface area contributed by atoms with Crippen molar-refractivity contribution < 1.29 is 26.5 Å². The minimum Gasteiger partial charge on any atom is -0.454 e. The summed E-state index contributed by atoms with van der Waals surface area (Å²) in [6.45, 7) is -0.201. The Morgan fingerprint density at radius 3 is 0.787 bits per heavy atom. The lowest BCUT2D eigenvalue weighted by Gasteiger charge is -2.43. The second-order valence-corrected chi connectivity index (χ2v) is 29.2. The second kappa shape index (κ2) is 20.8. The maximum absolute atomic E-state index is 7.47. The molecule has 0 atom stereocenters. The fraction of sp³-hybridized carbons (Fsp3) is 0. The number of anilines is 12. The average molecular weight is 1380 g/mol. The monoisotopic (exact) mass is 1380 g/mol. The van der Waals surface area contributed by atoms with E-state index in [-0.39, 0.29) is 13.4 Å². The minimum atomic E-state index is -0.161. The molecule has 12 heteroatoms. The molecule has 4 aliphatic heterocycles. The maximum atomic E-state index is 7.47. The highest BCUT2D eigenvalue weighted by molar-refractivity contribution is 7.01. The number of hydrogen-bond donors (Lipinski definition) is 0.